The van der Waals surface area contributed by atoms with Crippen molar-refractivity contribution < 1.29 is 9.59 Å². The van der Waals surface area contributed by atoms with Gasteiger partial charge in [0.25, 0.3) is 11.8 Å². The Morgan fingerprint density at radius 2 is 1.77 bits per heavy atom. The Balaban J connectivity index is 1.77. The van der Waals surface area contributed by atoms with Gasteiger partial charge in [-0.05, 0) is 62.0 Å². The van der Waals surface area contributed by atoms with E-state index in [-0.39, 0.29) is 11.8 Å². The highest BCUT2D eigenvalue weighted by Crippen LogP contribution is 2.21. The summed E-state index contributed by atoms with van der Waals surface area (Å²) in [5.41, 5.74) is 4.41. The van der Waals surface area contributed by atoms with Gasteiger partial charge in [-0.1, -0.05) is 12.1 Å². The zero-order chi connectivity index (χ0) is 18.7. The van der Waals surface area contributed by atoms with Gasteiger partial charge in [0, 0.05) is 16.9 Å². The predicted molar refractivity (Wildman–Crippen MR) is 105 cm³/mol. The zero-order valence-corrected chi connectivity index (χ0v) is 15.6. The topological polar surface area (TPSA) is 71.1 Å². The second-order valence-corrected chi connectivity index (χ2v) is 6.95. The molecule has 0 radical (unpaired) electrons. The summed E-state index contributed by atoms with van der Waals surface area (Å²) in [6.07, 6.45) is 0. The molecule has 2 N–H and O–H groups in total. The first-order valence-electron chi connectivity index (χ1n) is 8.15. The molecule has 0 saturated heterocycles. The number of aryl methyl sites for hydroxylation is 3. The summed E-state index contributed by atoms with van der Waals surface area (Å²) in [5, 5.41) is 7.58. The van der Waals surface area contributed by atoms with Gasteiger partial charge in [0.15, 0.2) is 0 Å². The van der Waals surface area contributed by atoms with Gasteiger partial charge in [-0.2, -0.15) is 0 Å². The van der Waals surface area contributed by atoms with Crippen molar-refractivity contribution in [3.05, 3.63) is 75.2 Å². The van der Waals surface area contributed by atoms with Crippen molar-refractivity contribution in [1.29, 1.82) is 0 Å². The average Bonchev–Trinajstić information content (AvgIpc) is 3.13. The van der Waals surface area contributed by atoms with E-state index < -0.39 is 0 Å². The molecule has 2 heterocycles. The monoisotopic (exact) mass is 365 g/mol. The number of benzene rings is 1. The first-order valence-corrected chi connectivity index (χ1v) is 9.03. The summed E-state index contributed by atoms with van der Waals surface area (Å²) in [6, 6.07) is 12.4. The van der Waals surface area contributed by atoms with Crippen LogP contribution in [0.1, 0.15) is 37.0 Å². The molecule has 3 aromatic rings. The zero-order valence-electron chi connectivity index (χ0n) is 14.8. The van der Waals surface area contributed by atoms with Gasteiger partial charge in [0.1, 0.15) is 0 Å². The van der Waals surface area contributed by atoms with Gasteiger partial charge in [0.05, 0.1) is 16.3 Å². The van der Waals surface area contributed by atoms with Crippen LogP contribution in [-0.2, 0) is 0 Å². The molecule has 0 bridgehead atoms. The van der Waals surface area contributed by atoms with Crippen LogP contribution in [0.5, 0.6) is 0 Å². The number of carbonyl (C=O) groups excluding carboxylic acids is 2. The van der Waals surface area contributed by atoms with Crippen LogP contribution >= 0.6 is 11.3 Å². The van der Waals surface area contributed by atoms with E-state index in [1.54, 1.807) is 30.3 Å². The van der Waals surface area contributed by atoms with E-state index >= 15 is 0 Å². The molecule has 3 rings (SSSR count). The Hall–Kier alpha value is -2.99. The molecule has 5 nitrogen and oxygen atoms in total. The summed E-state index contributed by atoms with van der Waals surface area (Å²) in [6.45, 7) is 5.73. The molecule has 2 amide bonds. The predicted octanol–water partition coefficient (Wildman–Crippen LogP) is 4.57. The number of hydrogen-bond donors (Lipinski definition) is 2. The molecular formula is C20H19N3O2S. The van der Waals surface area contributed by atoms with Crippen LogP contribution in [0.3, 0.4) is 0 Å². The quantitative estimate of drug-likeness (QED) is 0.711. The van der Waals surface area contributed by atoms with Crippen molar-refractivity contribution >= 4 is 34.5 Å². The Morgan fingerprint density at radius 3 is 2.46 bits per heavy atom. The number of hydrogen-bond acceptors (Lipinski definition) is 4. The maximum absolute atomic E-state index is 12.6. The lowest BCUT2D eigenvalue weighted by Gasteiger charge is -2.12. The van der Waals surface area contributed by atoms with Gasteiger partial charge < -0.3 is 10.6 Å². The smallest absolute Gasteiger partial charge is 0.265 e. The van der Waals surface area contributed by atoms with Crippen molar-refractivity contribution in [2.75, 3.05) is 10.6 Å². The number of aromatic nitrogens is 1. The molecule has 2 aromatic heterocycles. The standard InChI is InChI=1S/C20H19N3O2S/c1-12-10-13(2)21-14(3)18(12)23-19(24)15-6-4-7-16(11-15)22-20(25)17-8-5-9-26-17/h4-11H,1-3H3,(H,22,25)(H,23,24). The van der Waals surface area contributed by atoms with Crippen LogP contribution in [0, 0.1) is 20.8 Å². The summed E-state index contributed by atoms with van der Waals surface area (Å²) in [7, 11) is 0. The van der Waals surface area contributed by atoms with Crippen LogP contribution < -0.4 is 10.6 Å². The molecule has 1 aromatic carbocycles. The minimum atomic E-state index is -0.242. The third kappa shape index (κ3) is 3.97. The number of rotatable bonds is 4. The lowest BCUT2D eigenvalue weighted by Crippen LogP contribution is -2.16. The molecule has 0 aliphatic rings. The van der Waals surface area contributed by atoms with Crippen molar-refractivity contribution in [2.24, 2.45) is 0 Å². The molecule has 6 heteroatoms. The molecular weight excluding hydrogens is 346 g/mol. The van der Waals surface area contributed by atoms with Crippen LogP contribution in [0.25, 0.3) is 0 Å². The van der Waals surface area contributed by atoms with E-state index in [0.717, 1.165) is 17.0 Å². The molecule has 0 fully saturated rings. The van der Waals surface area contributed by atoms with Crippen molar-refractivity contribution in [3.8, 4) is 0 Å². The average molecular weight is 365 g/mol. The van der Waals surface area contributed by atoms with E-state index in [1.165, 1.54) is 11.3 Å². The molecule has 0 saturated carbocycles. The number of anilines is 2. The van der Waals surface area contributed by atoms with E-state index in [2.05, 4.69) is 15.6 Å². The summed E-state index contributed by atoms with van der Waals surface area (Å²) >= 11 is 1.37. The Kier molecular flexibility index (Phi) is 5.14. The van der Waals surface area contributed by atoms with Gasteiger partial charge in [0.2, 0.25) is 0 Å². The summed E-state index contributed by atoms with van der Waals surface area (Å²) in [4.78, 5) is 29.8. The second-order valence-electron chi connectivity index (χ2n) is 6.01. The molecule has 0 aliphatic carbocycles. The van der Waals surface area contributed by atoms with Crippen LogP contribution in [0.2, 0.25) is 0 Å². The second kappa shape index (κ2) is 7.49. The molecule has 26 heavy (non-hydrogen) atoms. The number of nitrogens with one attached hydrogen (secondary N) is 2. The number of thiophene rings is 1. The van der Waals surface area contributed by atoms with Crippen LogP contribution in [0.4, 0.5) is 11.4 Å². The van der Waals surface area contributed by atoms with Gasteiger partial charge in [-0.15, -0.1) is 11.3 Å². The minimum absolute atomic E-state index is 0.188. The molecule has 0 unspecified atom stereocenters. The first-order chi connectivity index (χ1) is 12.4. The van der Waals surface area contributed by atoms with E-state index in [0.29, 0.717) is 21.8 Å². The van der Waals surface area contributed by atoms with Crippen molar-refractivity contribution in [1.82, 2.24) is 4.98 Å². The normalized spacial score (nSPS) is 10.4. The van der Waals surface area contributed by atoms with Gasteiger partial charge in [-0.3, -0.25) is 14.6 Å². The van der Waals surface area contributed by atoms with E-state index in [9.17, 15) is 9.59 Å². The van der Waals surface area contributed by atoms with Crippen molar-refractivity contribution in [3.63, 3.8) is 0 Å². The fourth-order valence-corrected chi connectivity index (χ4v) is 3.36. The van der Waals surface area contributed by atoms with E-state index in [4.69, 9.17) is 0 Å². The van der Waals surface area contributed by atoms with Crippen LogP contribution in [-0.4, -0.2) is 16.8 Å². The highest BCUT2D eigenvalue weighted by atomic mass is 32.1. The molecule has 132 valence electrons. The van der Waals surface area contributed by atoms with Gasteiger partial charge >= 0.3 is 0 Å². The Morgan fingerprint density at radius 1 is 0.962 bits per heavy atom. The molecule has 0 spiro atoms. The lowest BCUT2D eigenvalue weighted by atomic mass is 10.1. The minimum Gasteiger partial charge on any atom is -0.321 e. The summed E-state index contributed by atoms with van der Waals surface area (Å²) < 4.78 is 0. The fraction of sp³-hybridized carbons (Fsp3) is 0.150. The Bertz CT molecular complexity index is 942. The largest absolute Gasteiger partial charge is 0.321 e. The Labute approximate surface area is 156 Å². The first kappa shape index (κ1) is 17.8. The third-order valence-corrected chi connectivity index (χ3v) is 4.76. The number of amides is 2. The number of nitrogens with zero attached hydrogens (tertiary/aromatic N) is 1. The molecule has 0 aliphatic heterocycles. The van der Waals surface area contributed by atoms with E-state index in [1.807, 2.05) is 38.3 Å². The third-order valence-electron chi connectivity index (χ3n) is 3.89. The SMILES string of the molecule is Cc1cc(C)c(NC(=O)c2cccc(NC(=O)c3cccs3)c2)c(C)n1. The highest BCUT2D eigenvalue weighted by molar-refractivity contribution is 7.12. The maximum atomic E-state index is 12.6. The maximum Gasteiger partial charge on any atom is 0.265 e. The fourth-order valence-electron chi connectivity index (χ4n) is 2.74. The summed E-state index contributed by atoms with van der Waals surface area (Å²) in [5.74, 6) is -0.430. The van der Waals surface area contributed by atoms with Crippen LogP contribution in [0.15, 0.2) is 47.8 Å². The number of pyridine rings is 1. The number of carbonyl (C=O) groups is 2. The molecule has 0 atom stereocenters. The van der Waals surface area contributed by atoms with Gasteiger partial charge in [-0.25, -0.2) is 0 Å². The highest BCUT2D eigenvalue weighted by Gasteiger charge is 2.13. The lowest BCUT2D eigenvalue weighted by molar-refractivity contribution is 0.101. The van der Waals surface area contributed by atoms with Crippen molar-refractivity contribution in [2.45, 2.75) is 20.8 Å².